The van der Waals surface area contributed by atoms with Crippen LogP contribution in [0.3, 0.4) is 0 Å². The van der Waals surface area contributed by atoms with E-state index < -0.39 is 0 Å². The van der Waals surface area contributed by atoms with E-state index in [1.54, 1.807) is 7.11 Å². The van der Waals surface area contributed by atoms with Crippen molar-refractivity contribution in [2.45, 2.75) is 38.4 Å². The molecule has 0 amide bonds. The summed E-state index contributed by atoms with van der Waals surface area (Å²) >= 11 is 0. The number of likely N-dealkylation sites (tertiary alicyclic amines) is 1. The van der Waals surface area contributed by atoms with Gasteiger partial charge >= 0.3 is 0 Å². The highest BCUT2D eigenvalue weighted by atomic mass is 16.5. The molecule has 31 heavy (non-hydrogen) atoms. The van der Waals surface area contributed by atoms with Crippen LogP contribution in [0.15, 0.2) is 84.9 Å². The van der Waals surface area contributed by atoms with Gasteiger partial charge in [-0.1, -0.05) is 72.8 Å². The molecule has 3 aromatic rings. The monoisotopic (exact) mass is 414 g/mol. The van der Waals surface area contributed by atoms with Gasteiger partial charge in [0.1, 0.15) is 5.75 Å². The van der Waals surface area contributed by atoms with Crippen LogP contribution in [-0.4, -0.2) is 42.6 Å². The van der Waals surface area contributed by atoms with Crippen molar-refractivity contribution in [3.63, 3.8) is 0 Å². The number of methoxy groups -OCH3 is 1. The molecule has 1 saturated heterocycles. The van der Waals surface area contributed by atoms with Gasteiger partial charge in [0, 0.05) is 25.7 Å². The summed E-state index contributed by atoms with van der Waals surface area (Å²) in [6.07, 6.45) is 3.58. The first kappa shape index (κ1) is 21.6. The molecule has 0 N–H and O–H groups in total. The lowest BCUT2D eigenvalue weighted by atomic mass is 10.0. The molecule has 4 rings (SSSR count). The third-order valence-corrected chi connectivity index (χ3v) is 6.40. The summed E-state index contributed by atoms with van der Waals surface area (Å²) < 4.78 is 5.28. The van der Waals surface area contributed by atoms with Gasteiger partial charge in [0.05, 0.1) is 7.11 Å². The van der Waals surface area contributed by atoms with E-state index in [2.05, 4.69) is 94.7 Å². The minimum absolute atomic E-state index is 0.649. The van der Waals surface area contributed by atoms with E-state index in [-0.39, 0.29) is 0 Å². The highest BCUT2D eigenvalue weighted by Crippen LogP contribution is 2.22. The molecule has 1 aliphatic rings. The molecule has 3 heteroatoms. The number of rotatable bonds is 9. The van der Waals surface area contributed by atoms with Crippen LogP contribution in [0.5, 0.6) is 5.75 Å². The molecule has 3 aromatic carbocycles. The summed E-state index contributed by atoms with van der Waals surface area (Å²) in [5, 5.41) is 0. The van der Waals surface area contributed by atoms with E-state index in [1.807, 2.05) is 0 Å². The molecule has 0 radical (unpaired) electrons. The maximum Gasteiger partial charge on any atom is 0.118 e. The van der Waals surface area contributed by atoms with Gasteiger partial charge in [0.15, 0.2) is 0 Å². The maximum absolute atomic E-state index is 5.28. The van der Waals surface area contributed by atoms with Gasteiger partial charge in [0.25, 0.3) is 0 Å². The summed E-state index contributed by atoms with van der Waals surface area (Å²) in [5.41, 5.74) is 4.21. The Kier molecular flexibility index (Phi) is 7.76. The fraction of sp³-hybridized carbons (Fsp3) is 0.357. The predicted molar refractivity (Wildman–Crippen MR) is 128 cm³/mol. The second kappa shape index (κ2) is 11.1. The number of ether oxygens (including phenoxy) is 1. The van der Waals surface area contributed by atoms with Crippen molar-refractivity contribution >= 4 is 0 Å². The van der Waals surface area contributed by atoms with Gasteiger partial charge in [-0.15, -0.1) is 0 Å². The Morgan fingerprint density at radius 3 is 2.00 bits per heavy atom. The molecule has 0 atom stereocenters. The summed E-state index contributed by atoms with van der Waals surface area (Å²) in [4.78, 5) is 5.31. The Labute approximate surface area is 187 Å². The average molecular weight is 415 g/mol. The smallest absolute Gasteiger partial charge is 0.118 e. The van der Waals surface area contributed by atoms with E-state index in [0.717, 1.165) is 44.9 Å². The minimum Gasteiger partial charge on any atom is -0.497 e. The normalized spacial score (nSPS) is 15.3. The second-order valence-corrected chi connectivity index (χ2v) is 8.55. The molecular weight excluding hydrogens is 380 g/mol. The van der Waals surface area contributed by atoms with Crippen LogP contribution in [0, 0.1) is 0 Å². The molecule has 1 fully saturated rings. The van der Waals surface area contributed by atoms with Crippen LogP contribution in [0.2, 0.25) is 0 Å². The SMILES string of the molecule is COc1ccc(CN2CCC(N(CCc3ccccc3)Cc3ccccc3)CC2)cc1. The molecule has 0 bridgehead atoms. The predicted octanol–water partition coefficient (Wildman–Crippen LogP) is 5.40. The van der Waals surface area contributed by atoms with Crippen molar-refractivity contribution in [1.82, 2.24) is 9.80 Å². The van der Waals surface area contributed by atoms with Gasteiger partial charge in [0.2, 0.25) is 0 Å². The second-order valence-electron chi connectivity index (χ2n) is 8.55. The highest BCUT2D eigenvalue weighted by molar-refractivity contribution is 5.27. The first-order valence-corrected chi connectivity index (χ1v) is 11.5. The number of benzene rings is 3. The quantitative estimate of drug-likeness (QED) is 0.466. The van der Waals surface area contributed by atoms with Gasteiger partial charge in [-0.3, -0.25) is 9.80 Å². The Morgan fingerprint density at radius 2 is 1.39 bits per heavy atom. The van der Waals surface area contributed by atoms with E-state index in [4.69, 9.17) is 4.74 Å². The van der Waals surface area contributed by atoms with E-state index in [9.17, 15) is 0 Å². The molecule has 0 aromatic heterocycles. The fourth-order valence-corrected chi connectivity index (χ4v) is 4.56. The summed E-state index contributed by atoms with van der Waals surface area (Å²) in [6.45, 7) is 5.50. The summed E-state index contributed by atoms with van der Waals surface area (Å²) in [7, 11) is 1.72. The molecule has 3 nitrogen and oxygen atoms in total. The third kappa shape index (κ3) is 6.43. The van der Waals surface area contributed by atoms with Crippen LogP contribution in [0.25, 0.3) is 0 Å². The first-order chi connectivity index (χ1) is 15.3. The maximum atomic E-state index is 5.28. The number of piperidine rings is 1. The molecule has 0 spiro atoms. The lowest BCUT2D eigenvalue weighted by molar-refractivity contribution is 0.0997. The van der Waals surface area contributed by atoms with E-state index in [1.165, 1.54) is 29.5 Å². The average Bonchev–Trinajstić information content (AvgIpc) is 2.84. The number of hydrogen-bond acceptors (Lipinski definition) is 3. The molecule has 162 valence electrons. The number of nitrogens with zero attached hydrogens (tertiary/aromatic N) is 2. The molecular formula is C28H34N2O. The first-order valence-electron chi connectivity index (χ1n) is 11.5. The molecule has 1 heterocycles. The van der Waals surface area contributed by atoms with Gasteiger partial charge < -0.3 is 4.74 Å². The lowest BCUT2D eigenvalue weighted by Gasteiger charge is -2.39. The van der Waals surface area contributed by atoms with Crippen molar-refractivity contribution in [2.24, 2.45) is 0 Å². The van der Waals surface area contributed by atoms with Crippen molar-refractivity contribution in [3.05, 3.63) is 102 Å². The zero-order valence-corrected chi connectivity index (χ0v) is 18.6. The zero-order chi connectivity index (χ0) is 21.3. The Balaban J connectivity index is 1.35. The number of hydrogen-bond donors (Lipinski definition) is 0. The molecule has 1 aliphatic heterocycles. The van der Waals surface area contributed by atoms with Crippen LogP contribution in [-0.2, 0) is 19.5 Å². The van der Waals surface area contributed by atoms with Crippen LogP contribution >= 0.6 is 0 Å². The van der Waals surface area contributed by atoms with Crippen LogP contribution in [0.1, 0.15) is 29.5 Å². The van der Waals surface area contributed by atoms with Crippen molar-refractivity contribution in [2.75, 3.05) is 26.7 Å². The van der Waals surface area contributed by atoms with Crippen molar-refractivity contribution in [1.29, 1.82) is 0 Å². The minimum atomic E-state index is 0.649. The van der Waals surface area contributed by atoms with Gasteiger partial charge in [-0.2, -0.15) is 0 Å². The summed E-state index contributed by atoms with van der Waals surface area (Å²) in [6, 6.07) is 31.0. The largest absolute Gasteiger partial charge is 0.497 e. The molecule has 0 unspecified atom stereocenters. The van der Waals surface area contributed by atoms with Crippen LogP contribution < -0.4 is 4.74 Å². The van der Waals surface area contributed by atoms with E-state index >= 15 is 0 Å². The van der Waals surface area contributed by atoms with Gasteiger partial charge in [-0.25, -0.2) is 0 Å². The highest BCUT2D eigenvalue weighted by Gasteiger charge is 2.24. The van der Waals surface area contributed by atoms with Crippen molar-refractivity contribution < 1.29 is 4.74 Å². The fourth-order valence-electron chi connectivity index (χ4n) is 4.56. The lowest BCUT2D eigenvalue weighted by Crippen LogP contribution is -2.45. The molecule has 0 aliphatic carbocycles. The molecule has 0 saturated carbocycles. The van der Waals surface area contributed by atoms with E-state index in [0.29, 0.717) is 6.04 Å². The van der Waals surface area contributed by atoms with Crippen LogP contribution in [0.4, 0.5) is 0 Å². The standard InChI is InChI=1S/C28H34N2O/c1-31-28-14-12-26(13-15-28)22-29-19-17-27(18-20-29)30(23-25-10-6-3-7-11-25)21-16-24-8-4-2-5-9-24/h2-15,27H,16-23H2,1H3. The zero-order valence-electron chi connectivity index (χ0n) is 18.6. The van der Waals surface area contributed by atoms with Crippen molar-refractivity contribution in [3.8, 4) is 5.75 Å². The Bertz CT molecular complexity index is 887. The Hall–Kier alpha value is -2.62. The summed E-state index contributed by atoms with van der Waals surface area (Å²) in [5.74, 6) is 0.928. The van der Waals surface area contributed by atoms with Gasteiger partial charge in [-0.05, 0) is 61.2 Å². The topological polar surface area (TPSA) is 15.7 Å². The third-order valence-electron chi connectivity index (χ3n) is 6.40. The Morgan fingerprint density at radius 1 is 0.774 bits per heavy atom.